The number of fused-ring (bicyclic) bond motifs is 1. The van der Waals surface area contributed by atoms with Crippen LogP contribution in [0.3, 0.4) is 0 Å². The second-order valence-electron chi connectivity index (χ2n) is 8.19. The van der Waals surface area contributed by atoms with Gasteiger partial charge in [-0.2, -0.15) is 0 Å². The van der Waals surface area contributed by atoms with Crippen molar-refractivity contribution in [1.29, 1.82) is 0 Å². The van der Waals surface area contributed by atoms with Crippen molar-refractivity contribution in [3.8, 4) is 11.5 Å². The van der Waals surface area contributed by atoms with Crippen molar-refractivity contribution in [3.63, 3.8) is 0 Å². The second kappa shape index (κ2) is 8.42. The van der Waals surface area contributed by atoms with Gasteiger partial charge in [-0.15, -0.1) is 0 Å². The van der Waals surface area contributed by atoms with Crippen LogP contribution >= 0.6 is 0 Å². The van der Waals surface area contributed by atoms with Gasteiger partial charge in [-0.25, -0.2) is 0 Å². The van der Waals surface area contributed by atoms with Crippen LogP contribution in [-0.2, 0) is 4.79 Å². The van der Waals surface area contributed by atoms with E-state index in [1.807, 2.05) is 60.7 Å². The Bertz CT molecular complexity index is 1190. The summed E-state index contributed by atoms with van der Waals surface area (Å²) in [5.74, 6) is 1.63. The molecule has 1 aliphatic heterocycles. The number of Topliss-reactive ketones (excluding diaryl/α,β-unsaturated/α-hetero) is 1. The summed E-state index contributed by atoms with van der Waals surface area (Å²) in [6.07, 6.45) is 1.28. The lowest BCUT2D eigenvalue weighted by Crippen LogP contribution is -2.26. The molecule has 1 aliphatic carbocycles. The summed E-state index contributed by atoms with van der Waals surface area (Å²) in [5.41, 5.74) is 5.87. The number of hydrogen-bond acceptors (Lipinski definition) is 5. The fourth-order valence-electron chi connectivity index (χ4n) is 4.74. The van der Waals surface area contributed by atoms with Crippen molar-refractivity contribution in [2.24, 2.45) is 0 Å². The van der Waals surface area contributed by atoms with Gasteiger partial charge in [0.2, 0.25) is 0 Å². The number of hydrogen-bond donors (Lipinski definition) is 2. The molecule has 0 saturated heterocycles. The molecule has 5 rings (SSSR count). The molecule has 3 aromatic rings. The molecule has 1 heterocycles. The zero-order valence-corrected chi connectivity index (χ0v) is 18.2. The lowest BCUT2D eigenvalue weighted by molar-refractivity contribution is -0.116. The standard InChI is InChI=1S/C27H26N2O3/c1-31-24-13-12-18(16-25(24)32-2)27-26-22(28-20-10-6-7-11-21(20)29-27)14-19(15-23(26)30)17-8-4-3-5-9-17/h3-13,16,19,27-29H,14-15H2,1-2H3. The number of para-hydroxylation sites is 2. The highest BCUT2D eigenvalue weighted by molar-refractivity contribution is 6.01. The summed E-state index contributed by atoms with van der Waals surface area (Å²) in [7, 11) is 3.25. The van der Waals surface area contributed by atoms with E-state index in [-0.39, 0.29) is 17.7 Å². The Balaban J connectivity index is 1.62. The molecular weight excluding hydrogens is 400 g/mol. The van der Waals surface area contributed by atoms with Crippen LogP contribution in [0.15, 0.2) is 84.1 Å². The van der Waals surface area contributed by atoms with Crippen molar-refractivity contribution in [2.75, 3.05) is 24.9 Å². The highest BCUT2D eigenvalue weighted by atomic mass is 16.5. The van der Waals surface area contributed by atoms with Crippen LogP contribution < -0.4 is 20.1 Å². The van der Waals surface area contributed by atoms with Crippen LogP contribution in [0.4, 0.5) is 11.4 Å². The predicted octanol–water partition coefficient (Wildman–Crippen LogP) is 5.68. The Kier molecular flexibility index (Phi) is 5.31. The largest absolute Gasteiger partial charge is 0.493 e. The normalized spacial score (nSPS) is 19.8. The molecule has 5 nitrogen and oxygen atoms in total. The van der Waals surface area contributed by atoms with Crippen LogP contribution in [0.25, 0.3) is 0 Å². The third-order valence-electron chi connectivity index (χ3n) is 6.32. The first kappa shape index (κ1) is 20.2. The van der Waals surface area contributed by atoms with E-state index in [0.717, 1.165) is 34.6 Å². The third kappa shape index (κ3) is 3.60. The van der Waals surface area contributed by atoms with E-state index in [1.54, 1.807) is 14.2 Å². The SMILES string of the molecule is COc1ccc(C2Nc3ccccc3NC3=C2C(=O)CC(c2ccccc2)C3)cc1OC. The van der Waals surface area contributed by atoms with E-state index in [0.29, 0.717) is 17.9 Å². The number of carbonyl (C=O) groups excluding carboxylic acids is 1. The number of allylic oxidation sites excluding steroid dienone is 1. The molecule has 0 spiro atoms. The molecule has 0 amide bonds. The van der Waals surface area contributed by atoms with Crippen LogP contribution in [0.2, 0.25) is 0 Å². The molecule has 2 atom stereocenters. The molecule has 0 bridgehead atoms. The second-order valence-corrected chi connectivity index (χ2v) is 8.19. The Labute approximate surface area is 188 Å². The maximum absolute atomic E-state index is 13.6. The lowest BCUT2D eigenvalue weighted by atomic mass is 9.78. The summed E-state index contributed by atoms with van der Waals surface area (Å²) in [6.45, 7) is 0. The van der Waals surface area contributed by atoms with E-state index in [1.165, 1.54) is 5.56 Å². The number of ketones is 1. The number of benzene rings is 3. The Hall–Kier alpha value is -3.73. The average molecular weight is 427 g/mol. The molecule has 0 saturated carbocycles. The number of methoxy groups -OCH3 is 2. The van der Waals surface area contributed by atoms with Gasteiger partial charge < -0.3 is 20.1 Å². The Morgan fingerprint density at radius 2 is 1.50 bits per heavy atom. The van der Waals surface area contributed by atoms with Crippen molar-refractivity contribution in [2.45, 2.75) is 24.8 Å². The van der Waals surface area contributed by atoms with Crippen LogP contribution in [0.5, 0.6) is 11.5 Å². The summed E-state index contributed by atoms with van der Waals surface area (Å²) in [4.78, 5) is 13.6. The van der Waals surface area contributed by atoms with E-state index in [2.05, 4.69) is 22.8 Å². The maximum Gasteiger partial charge on any atom is 0.163 e. The van der Waals surface area contributed by atoms with E-state index in [4.69, 9.17) is 9.47 Å². The fraction of sp³-hybridized carbons (Fsp3) is 0.222. The van der Waals surface area contributed by atoms with E-state index in [9.17, 15) is 4.79 Å². The zero-order valence-electron chi connectivity index (χ0n) is 18.2. The summed E-state index contributed by atoms with van der Waals surface area (Å²) >= 11 is 0. The fourth-order valence-corrected chi connectivity index (χ4v) is 4.74. The number of carbonyl (C=O) groups is 1. The molecule has 162 valence electrons. The first-order valence-corrected chi connectivity index (χ1v) is 10.8. The first-order chi connectivity index (χ1) is 15.7. The van der Waals surface area contributed by atoms with Gasteiger partial charge in [0, 0.05) is 17.7 Å². The lowest BCUT2D eigenvalue weighted by Gasteiger charge is -2.30. The van der Waals surface area contributed by atoms with Crippen molar-refractivity contribution in [3.05, 3.63) is 95.2 Å². The number of ether oxygens (including phenoxy) is 2. The van der Waals surface area contributed by atoms with Gasteiger partial charge in [-0.05, 0) is 47.7 Å². The molecule has 0 radical (unpaired) electrons. The van der Waals surface area contributed by atoms with E-state index < -0.39 is 0 Å². The Morgan fingerprint density at radius 3 is 2.25 bits per heavy atom. The summed E-state index contributed by atoms with van der Waals surface area (Å²) < 4.78 is 11.0. The van der Waals surface area contributed by atoms with Gasteiger partial charge in [-0.3, -0.25) is 4.79 Å². The zero-order chi connectivity index (χ0) is 22.1. The molecule has 2 N–H and O–H groups in total. The first-order valence-electron chi connectivity index (χ1n) is 10.8. The molecule has 0 aromatic heterocycles. The molecule has 2 aliphatic rings. The summed E-state index contributed by atoms with van der Waals surface area (Å²) in [6, 6.07) is 23.9. The van der Waals surface area contributed by atoms with Gasteiger partial charge in [0.15, 0.2) is 17.3 Å². The van der Waals surface area contributed by atoms with Gasteiger partial charge >= 0.3 is 0 Å². The predicted molar refractivity (Wildman–Crippen MR) is 126 cm³/mol. The summed E-state index contributed by atoms with van der Waals surface area (Å²) in [5, 5.41) is 7.19. The average Bonchev–Trinajstić information content (AvgIpc) is 3.01. The number of nitrogens with one attached hydrogen (secondary N) is 2. The minimum Gasteiger partial charge on any atom is -0.493 e. The van der Waals surface area contributed by atoms with E-state index >= 15 is 0 Å². The number of anilines is 2. The van der Waals surface area contributed by atoms with Crippen LogP contribution in [-0.4, -0.2) is 20.0 Å². The molecule has 0 fully saturated rings. The molecule has 2 unspecified atom stereocenters. The smallest absolute Gasteiger partial charge is 0.163 e. The molecular formula is C27H26N2O3. The van der Waals surface area contributed by atoms with Gasteiger partial charge in [0.25, 0.3) is 0 Å². The third-order valence-corrected chi connectivity index (χ3v) is 6.32. The topological polar surface area (TPSA) is 59.6 Å². The Morgan fingerprint density at radius 1 is 0.781 bits per heavy atom. The highest BCUT2D eigenvalue weighted by Gasteiger charge is 2.36. The van der Waals surface area contributed by atoms with Gasteiger partial charge in [0.1, 0.15) is 0 Å². The minimum atomic E-state index is -0.287. The maximum atomic E-state index is 13.6. The van der Waals surface area contributed by atoms with Crippen molar-refractivity contribution >= 4 is 17.2 Å². The number of rotatable bonds is 4. The molecule has 32 heavy (non-hydrogen) atoms. The quantitative estimate of drug-likeness (QED) is 0.562. The van der Waals surface area contributed by atoms with Gasteiger partial charge in [0.05, 0.1) is 31.6 Å². The monoisotopic (exact) mass is 426 g/mol. The minimum absolute atomic E-state index is 0.159. The van der Waals surface area contributed by atoms with Crippen LogP contribution in [0, 0.1) is 0 Å². The molecule has 3 aromatic carbocycles. The van der Waals surface area contributed by atoms with Crippen molar-refractivity contribution in [1.82, 2.24) is 0 Å². The highest BCUT2D eigenvalue weighted by Crippen LogP contribution is 2.45. The van der Waals surface area contributed by atoms with Gasteiger partial charge in [-0.1, -0.05) is 48.5 Å². The molecule has 5 heteroatoms. The van der Waals surface area contributed by atoms with Crippen molar-refractivity contribution < 1.29 is 14.3 Å². The van der Waals surface area contributed by atoms with Crippen LogP contribution in [0.1, 0.15) is 35.9 Å².